The summed E-state index contributed by atoms with van der Waals surface area (Å²) in [6.45, 7) is 1.74. The molecule has 1 aliphatic heterocycles. The normalized spacial score (nSPS) is 17.4. The number of aliphatic hydroxyl groups is 1. The number of hydrogen-bond acceptors (Lipinski definition) is 5. The Hall–Kier alpha value is -2.57. The minimum atomic E-state index is -0.645. The Kier molecular flexibility index (Phi) is 5.30. The molecule has 126 valence electrons. The first-order chi connectivity index (χ1) is 11.7. The van der Waals surface area contributed by atoms with Crippen molar-refractivity contribution in [2.45, 2.75) is 12.8 Å². The largest absolute Gasteiger partial charge is 0.444 e. The molecule has 0 spiro atoms. The van der Waals surface area contributed by atoms with E-state index < -0.39 is 12.3 Å². The van der Waals surface area contributed by atoms with Gasteiger partial charge in [-0.2, -0.15) is 0 Å². The monoisotopic (exact) mass is 328 g/mol. The van der Waals surface area contributed by atoms with Gasteiger partial charge in [-0.15, -0.1) is 0 Å². The van der Waals surface area contributed by atoms with Gasteiger partial charge in [0.1, 0.15) is 6.61 Å². The van der Waals surface area contributed by atoms with Crippen LogP contribution < -0.4 is 10.2 Å². The van der Waals surface area contributed by atoms with E-state index in [1.54, 1.807) is 12.1 Å². The summed E-state index contributed by atoms with van der Waals surface area (Å²) in [5.74, 6) is 0. The van der Waals surface area contributed by atoms with Crippen molar-refractivity contribution in [2.75, 3.05) is 30.0 Å². The molecule has 1 saturated heterocycles. The van der Waals surface area contributed by atoms with Crippen molar-refractivity contribution in [3.8, 4) is 0 Å². The van der Waals surface area contributed by atoms with Crippen LogP contribution in [0.1, 0.15) is 5.56 Å². The van der Waals surface area contributed by atoms with E-state index in [4.69, 9.17) is 9.47 Å². The highest BCUT2D eigenvalue weighted by molar-refractivity contribution is 5.84. The number of amides is 1. The van der Waals surface area contributed by atoms with Crippen molar-refractivity contribution in [3.05, 3.63) is 60.2 Å². The van der Waals surface area contributed by atoms with Crippen LogP contribution in [-0.4, -0.2) is 37.2 Å². The molecule has 1 unspecified atom stereocenters. The summed E-state index contributed by atoms with van der Waals surface area (Å²) in [4.78, 5) is 13.7. The number of hydrogen-bond donors (Lipinski definition) is 2. The van der Waals surface area contributed by atoms with E-state index in [1.807, 2.05) is 47.4 Å². The van der Waals surface area contributed by atoms with Gasteiger partial charge in [-0.1, -0.05) is 30.3 Å². The Labute approximate surface area is 140 Å². The lowest BCUT2D eigenvalue weighted by Crippen LogP contribution is -2.45. The number of carbonyl (C=O) groups is 1. The van der Waals surface area contributed by atoms with Crippen molar-refractivity contribution >= 4 is 17.5 Å². The molecular formula is C18H20N2O4. The van der Waals surface area contributed by atoms with E-state index in [-0.39, 0.29) is 6.61 Å². The first-order valence-corrected chi connectivity index (χ1v) is 7.82. The minimum Gasteiger partial charge on any atom is -0.444 e. The van der Waals surface area contributed by atoms with Crippen LogP contribution >= 0.6 is 0 Å². The Morgan fingerprint density at radius 1 is 1.21 bits per heavy atom. The molecule has 1 aliphatic rings. The van der Waals surface area contributed by atoms with Crippen molar-refractivity contribution in [1.82, 2.24) is 0 Å². The zero-order valence-corrected chi connectivity index (χ0v) is 13.2. The number of nitrogens with zero attached hydrogens (tertiary/aromatic N) is 1. The maximum Gasteiger partial charge on any atom is 0.411 e. The number of carbonyl (C=O) groups excluding carboxylic acids is 1. The van der Waals surface area contributed by atoms with Crippen molar-refractivity contribution in [3.63, 3.8) is 0 Å². The number of anilines is 2. The molecule has 1 fully saturated rings. The van der Waals surface area contributed by atoms with Crippen LogP contribution in [0.4, 0.5) is 16.2 Å². The van der Waals surface area contributed by atoms with Gasteiger partial charge >= 0.3 is 6.09 Å². The second-order valence-corrected chi connectivity index (χ2v) is 5.48. The Balaban J connectivity index is 1.53. The van der Waals surface area contributed by atoms with Gasteiger partial charge in [-0.25, -0.2) is 4.79 Å². The highest BCUT2D eigenvalue weighted by Crippen LogP contribution is 2.21. The molecule has 1 heterocycles. The molecule has 0 aromatic heterocycles. The van der Waals surface area contributed by atoms with E-state index in [0.717, 1.165) is 11.3 Å². The summed E-state index contributed by atoms with van der Waals surface area (Å²) in [6, 6.07) is 16.8. The predicted molar refractivity (Wildman–Crippen MR) is 90.9 cm³/mol. The molecule has 1 atom stereocenters. The quantitative estimate of drug-likeness (QED) is 0.903. The first-order valence-electron chi connectivity index (χ1n) is 7.82. The van der Waals surface area contributed by atoms with Crippen molar-refractivity contribution in [1.29, 1.82) is 0 Å². The van der Waals surface area contributed by atoms with Crippen LogP contribution in [0, 0.1) is 0 Å². The maximum absolute atomic E-state index is 11.8. The number of morpholine rings is 1. The summed E-state index contributed by atoms with van der Waals surface area (Å²) >= 11 is 0. The van der Waals surface area contributed by atoms with Crippen LogP contribution in [0.25, 0.3) is 0 Å². The molecule has 2 N–H and O–H groups in total. The zero-order chi connectivity index (χ0) is 16.8. The topological polar surface area (TPSA) is 71.0 Å². The third-order valence-corrected chi connectivity index (χ3v) is 3.76. The van der Waals surface area contributed by atoms with Crippen molar-refractivity contribution in [2.24, 2.45) is 0 Å². The van der Waals surface area contributed by atoms with Crippen LogP contribution in [0.2, 0.25) is 0 Å². The van der Waals surface area contributed by atoms with Gasteiger partial charge in [0, 0.05) is 17.9 Å². The van der Waals surface area contributed by atoms with Gasteiger partial charge in [-0.05, 0) is 29.8 Å². The van der Waals surface area contributed by atoms with Crippen LogP contribution in [0.5, 0.6) is 0 Å². The molecule has 0 bridgehead atoms. The maximum atomic E-state index is 11.8. The van der Waals surface area contributed by atoms with Crippen LogP contribution in [0.3, 0.4) is 0 Å². The highest BCUT2D eigenvalue weighted by Gasteiger charge is 2.20. The SMILES string of the molecule is O=C(Nc1ccc(N2CCOCC2O)cc1)OCc1ccccc1. The summed E-state index contributed by atoms with van der Waals surface area (Å²) in [6.07, 6.45) is -1.15. The molecular weight excluding hydrogens is 308 g/mol. The van der Waals surface area contributed by atoms with E-state index in [2.05, 4.69) is 5.32 Å². The van der Waals surface area contributed by atoms with Gasteiger partial charge in [0.25, 0.3) is 0 Å². The lowest BCUT2D eigenvalue weighted by molar-refractivity contribution is 0.00633. The van der Waals surface area contributed by atoms with E-state index in [1.165, 1.54) is 0 Å². The standard InChI is InChI=1S/C18H20N2O4/c21-17-13-23-11-10-20(17)16-8-6-15(7-9-16)19-18(22)24-12-14-4-2-1-3-5-14/h1-9,17,21H,10-13H2,(H,19,22). The van der Waals surface area contributed by atoms with E-state index in [0.29, 0.717) is 25.4 Å². The third kappa shape index (κ3) is 4.24. The molecule has 2 aromatic rings. The second kappa shape index (κ2) is 7.81. The smallest absolute Gasteiger partial charge is 0.411 e. The van der Waals surface area contributed by atoms with Crippen molar-refractivity contribution < 1.29 is 19.4 Å². The number of benzene rings is 2. The molecule has 1 amide bonds. The highest BCUT2D eigenvalue weighted by atomic mass is 16.5. The van der Waals surface area contributed by atoms with E-state index in [9.17, 15) is 9.90 Å². The summed E-state index contributed by atoms with van der Waals surface area (Å²) < 4.78 is 10.4. The fraction of sp³-hybridized carbons (Fsp3) is 0.278. The summed E-state index contributed by atoms with van der Waals surface area (Å²) in [5, 5.41) is 12.6. The third-order valence-electron chi connectivity index (χ3n) is 3.76. The fourth-order valence-corrected chi connectivity index (χ4v) is 2.51. The summed E-state index contributed by atoms with van der Waals surface area (Å²) in [7, 11) is 0. The Morgan fingerprint density at radius 3 is 2.67 bits per heavy atom. The molecule has 6 heteroatoms. The number of rotatable bonds is 4. The van der Waals surface area contributed by atoms with Gasteiger partial charge in [0.2, 0.25) is 0 Å². The molecule has 0 saturated carbocycles. The predicted octanol–water partition coefficient (Wildman–Crippen LogP) is 2.59. The Bertz CT molecular complexity index is 660. The van der Waals surface area contributed by atoms with Gasteiger partial charge in [0.15, 0.2) is 6.23 Å². The molecule has 3 rings (SSSR count). The van der Waals surface area contributed by atoms with Crippen LogP contribution in [-0.2, 0) is 16.1 Å². The average molecular weight is 328 g/mol. The lowest BCUT2D eigenvalue weighted by atomic mass is 10.2. The molecule has 24 heavy (non-hydrogen) atoms. The minimum absolute atomic E-state index is 0.227. The van der Waals surface area contributed by atoms with Gasteiger partial charge < -0.3 is 19.5 Å². The molecule has 0 aliphatic carbocycles. The molecule has 0 radical (unpaired) electrons. The van der Waals surface area contributed by atoms with Gasteiger partial charge in [-0.3, -0.25) is 5.32 Å². The van der Waals surface area contributed by atoms with Gasteiger partial charge in [0.05, 0.1) is 13.2 Å². The number of ether oxygens (including phenoxy) is 2. The second-order valence-electron chi connectivity index (χ2n) is 5.48. The fourth-order valence-electron chi connectivity index (χ4n) is 2.51. The summed E-state index contributed by atoms with van der Waals surface area (Å²) in [5.41, 5.74) is 2.46. The van der Waals surface area contributed by atoms with Crippen LogP contribution in [0.15, 0.2) is 54.6 Å². The van der Waals surface area contributed by atoms with E-state index >= 15 is 0 Å². The zero-order valence-electron chi connectivity index (χ0n) is 13.2. The molecule has 2 aromatic carbocycles. The molecule has 6 nitrogen and oxygen atoms in total. The average Bonchev–Trinajstić information content (AvgIpc) is 2.62. The number of nitrogens with one attached hydrogen (secondary N) is 1. The Morgan fingerprint density at radius 2 is 1.96 bits per heavy atom. The number of aliphatic hydroxyl groups excluding tert-OH is 1. The first kappa shape index (κ1) is 16.3. The lowest BCUT2D eigenvalue weighted by Gasteiger charge is -2.33.